The number of hydrogen-bond donors (Lipinski definition) is 0. The van der Waals surface area contributed by atoms with Gasteiger partial charge >= 0.3 is 0 Å². The molecule has 166 valence electrons. The number of benzene rings is 2. The van der Waals surface area contributed by atoms with Crippen LogP contribution in [0.15, 0.2) is 47.4 Å². The molecule has 1 aromatic heterocycles. The highest BCUT2D eigenvalue weighted by molar-refractivity contribution is 7.91. The van der Waals surface area contributed by atoms with Crippen molar-refractivity contribution in [3.05, 3.63) is 53.1 Å². The smallest absolute Gasteiger partial charge is 0.229 e. The van der Waals surface area contributed by atoms with Crippen LogP contribution in [0.5, 0.6) is 0 Å². The SMILES string of the molecule is CCc1ccc2nc(N(CCN(C)C)C(=O)CCS(=O)(=O)c3ccc(Cl)cc3)sc2c1. The van der Waals surface area contributed by atoms with Gasteiger partial charge in [0.25, 0.3) is 0 Å². The third kappa shape index (κ3) is 6.04. The number of likely N-dealkylation sites (N-methyl/N-ethyl adjacent to an activating group) is 1. The van der Waals surface area contributed by atoms with Gasteiger partial charge in [0.15, 0.2) is 15.0 Å². The molecule has 0 aliphatic carbocycles. The van der Waals surface area contributed by atoms with E-state index in [2.05, 4.69) is 18.0 Å². The molecule has 3 aromatic rings. The second-order valence-corrected chi connectivity index (χ2v) is 11.1. The Morgan fingerprint density at radius 2 is 1.81 bits per heavy atom. The van der Waals surface area contributed by atoms with Crippen LogP contribution < -0.4 is 4.90 Å². The number of aromatic nitrogens is 1. The van der Waals surface area contributed by atoms with Gasteiger partial charge in [-0.05, 0) is 62.5 Å². The van der Waals surface area contributed by atoms with Crippen molar-refractivity contribution in [2.24, 2.45) is 0 Å². The van der Waals surface area contributed by atoms with Crippen molar-refractivity contribution in [3.63, 3.8) is 0 Å². The van der Waals surface area contributed by atoms with E-state index >= 15 is 0 Å². The zero-order chi connectivity index (χ0) is 22.6. The summed E-state index contributed by atoms with van der Waals surface area (Å²) in [6.45, 7) is 3.18. The average Bonchev–Trinajstić information content (AvgIpc) is 3.15. The second kappa shape index (κ2) is 10.1. The summed E-state index contributed by atoms with van der Waals surface area (Å²) in [7, 11) is 0.274. The lowest BCUT2D eigenvalue weighted by molar-refractivity contribution is -0.118. The Morgan fingerprint density at radius 3 is 2.45 bits per heavy atom. The molecule has 0 atom stereocenters. The number of thiazole rings is 1. The highest BCUT2D eigenvalue weighted by Gasteiger charge is 2.23. The van der Waals surface area contributed by atoms with Crippen molar-refractivity contribution in [1.29, 1.82) is 0 Å². The van der Waals surface area contributed by atoms with Crippen molar-refractivity contribution >= 4 is 54.0 Å². The van der Waals surface area contributed by atoms with E-state index in [0.29, 0.717) is 23.2 Å². The van der Waals surface area contributed by atoms with Crippen LogP contribution in [0, 0.1) is 0 Å². The van der Waals surface area contributed by atoms with E-state index in [-0.39, 0.29) is 23.0 Å². The molecule has 0 unspecified atom stereocenters. The average molecular weight is 480 g/mol. The highest BCUT2D eigenvalue weighted by Crippen LogP contribution is 2.30. The second-order valence-electron chi connectivity index (χ2n) is 7.52. The summed E-state index contributed by atoms with van der Waals surface area (Å²) < 4.78 is 26.3. The zero-order valence-electron chi connectivity index (χ0n) is 17.8. The molecule has 31 heavy (non-hydrogen) atoms. The molecule has 1 heterocycles. The van der Waals surface area contributed by atoms with E-state index in [0.717, 1.165) is 16.6 Å². The van der Waals surface area contributed by atoms with Gasteiger partial charge in [0, 0.05) is 24.5 Å². The lowest BCUT2D eigenvalue weighted by atomic mass is 10.2. The lowest BCUT2D eigenvalue weighted by Gasteiger charge is -2.22. The summed E-state index contributed by atoms with van der Waals surface area (Å²) >= 11 is 7.30. The van der Waals surface area contributed by atoms with E-state index in [1.165, 1.54) is 41.2 Å². The first kappa shape index (κ1) is 23.7. The molecule has 0 saturated heterocycles. The quantitative estimate of drug-likeness (QED) is 0.458. The predicted molar refractivity (Wildman–Crippen MR) is 128 cm³/mol. The number of hydrogen-bond acceptors (Lipinski definition) is 6. The number of rotatable bonds is 9. The molecule has 0 fully saturated rings. The zero-order valence-corrected chi connectivity index (χ0v) is 20.2. The van der Waals surface area contributed by atoms with Gasteiger partial charge in [-0.25, -0.2) is 13.4 Å². The van der Waals surface area contributed by atoms with Crippen molar-refractivity contribution in [3.8, 4) is 0 Å². The van der Waals surface area contributed by atoms with Crippen molar-refractivity contribution in [2.45, 2.75) is 24.7 Å². The lowest BCUT2D eigenvalue weighted by Crippen LogP contribution is -2.37. The van der Waals surface area contributed by atoms with Crippen LogP contribution in [0.25, 0.3) is 10.2 Å². The van der Waals surface area contributed by atoms with Crippen LogP contribution in [-0.2, 0) is 21.1 Å². The van der Waals surface area contributed by atoms with Crippen molar-refractivity contribution in [1.82, 2.24) is 9.88 Å². The van der Waals surface area contributed by atoms with E-state index in [1.807, 2.05) is 31.1 Å². The van der Waals surface area contributed by atoms with Gasteiger partial charge < -0.3 is 4.90 Å². The number of carbonyl (C=O) groups is 1. The molecular weight excluding hydrogens is 454 g/mol. The molecule has 6 nitrogen and oxygen atoms in total. The summed E-state index contributed by atoms with van der Waals surface area (Å²) in [5.41, 5.74) is 2.05. The third-order valence-electron chi connectivity index (χ3n) is 4.91. The fourth-order valence-electron chi connectivity index (χ4n) is 3.04. The fourth-order valence-corrected chi connectivity index (χ4v) is 5.46. The maximum absolute atomic E-state index is 13.1. The summed E-state index contributed by atoms with van der Waals surface area (Å²) in [4.78, 5) is 21.5. The minimum absolute atomic E-state index is 0.117. The normalized spacial score (nSPS) is 11.9. The summed E-state index contributed by atoms with van der Waals surface area (Å²) in [5.74, 6) is -0.522. The maximum Gasteiger partial charge on any atom is 0.229 e. The minimum atomic E-state index is -3.59. The molecule has 0 aliphatic rings. The number of nitrogens with zero attached hydrogens (tertiary/aromatic N) is 3. The summed E-state index contributed by atoms with van der Waals surface area (Å²) in [6, 6.07) is 12.1. The molecule has 1 amide bonds. The number of anilines is 1. The summed E-state index contributed by atoms with van der Waals surface area (Å²) in [5, 5.41) is 1.06. The van der Waals surface area contributed by atoms with Crippen molar-refractivity contribution in [2.75, 3.05) is 37.8 Å². The van der Waals surface area contributed by atoms with Gasteiger partial charge in [-0.15, -0.1) is 0 Å². The van der Waals surface area contributed by atoms with Crippen LogP contribution in [-0.4, -0.2) is 57.1 Å². The van der Waals surface area contributed by atoms with Gasteiger partial charge in [0.1, 0.15) is 0 Å². The Labute approximate surface area is 192 Å². The van der Waals surface area contributed by atoms with Crippen LogP contribution in [0.2, 0.25) is 5.02 Å². The first-order valence-electron chi connectivity index (χ1n) is 10.0. The monoisotopic (exact) mass is 479 g/mol. The minimum Gasteiger partial charge on any atom is -0.308 e. The first-order valence-corrected chi connectivity index (χ1v) is 12.9. The molecule has 0 N–H and O–H groups in total. The number of sulfone groups is 1. The van der Waals surface area contributed by atoms with E-state index < -0.39 is 9.84 Å². The Hall–Kier alpha value is -2.00. The number of halogens is 1. The molecule has 3 rings (SSSR count). The largest absolute Gasteiger partial charge is 0.308 e. The molecule has 0 bridgehead atoms. The number of amides is 1. The molecular formula is C22H26ClN3O3S2. The third-order valence-corrected chi connectivity index (χ3v) is 7.94. The predicted octanol–water partition coefficient (Wildman–Crippen LogP) is 4.27. The van der Waals surface area contributed by atoms with Gasteiger partial charge in [0.2, 0.25) is 5.91 Å². The van der Waals surface area contributed by atoms with Crippen LogP contribution >= 0.6 is 22.9 Å². The Kier molecular flexibility index (Phi) is 7.69. The number of fused-ring (bicyclic) bond motifs is 1. The van der Waals surface area contributed by atoms with Crippen LogP contribution in [0.1, 0.15) is 18.9 Å². The standard InChI is InChI=1S/C22H26ClN3O3S2/c1-4-16-5-10-19-20(15-16)30-22(24-19)26(13-12-25(2)3)21(27)11-14-31(28,29)18-8-6-17(23)7-9-18/h5-10,15H,4,11-14H2,1-3H3. The fraction of sp³-hybridized carbons (Fsp3) is 0.364. The molecule has 0 aliphatic heterocycles. The van der Waals surface area contributed by atoms with Gasteiger partial charge in [0.05, 0.1) is 20.9 Å². The molecule has 0 radical (unpaired) electrons. The van der Waals surface area contributed by atoms with Gasteiger partial charge in [-0.2, -0.15) is 0 Å². The van der Waals surface area contributed by atoms with E-state index in [1.54, 1.807) is 4.90 Å². The Bertz CT molecular complexity index is 1160. The van der Waals surface area contributed by atoms with Gasteiger partial charge in [-0.1, -0.05) is 35.9 Å². The first-order chi connectivity index (χ1) is 14.7. The molecule has 0 saturated carbocycles. The maximum atomic E-state index is 13.1. The number of aryl methyl sites for hydroxylation is 1. The molecule has 2 aromatic carbocycles. The molecule has 9 heteroatoms. The summed E-state index contributed by atoms with van der Waals surface area (Å²) in [6.07, 6.45) is 0.809. The van der Waals surface area contributed by atoms with E-state index in [4.69, 9.17) is 11.6 Å². The highest BCUT2D eigenvalue weighted by atomic mass is 35.5. The number of carbonyl (C=O) groups excluding carboxylic acids is 1. The topological polar surface area (TPSA) is 70.6 Å². The Balaban J connectivity index is 1.81. The van der Waals surface area contributed by atoms with Crippen LogP contribution in [0.4, 0.5) is 5.13 Å². The van der Waals surface area contributed by atoms with Gasteiger partial charge in [-0.3, -0.25) is 9.69 Å². The van der Waals surface area contributed by atoms with E-state index in [9.17, 15) is 13.2 Å². The van der Waals surface area contributed by atoms with Crippen molar-refractivity contribution < 1.29 is 13.2 Å². The Morgan fingerprint density at radius 1 is 1.10 bits per heavy atom. The van der Waals surface area contributed by atoms with Crippen LogP contribution in [0.3, 0.4) is 0 Å². The molecule has 0 spiro atoms.